The van der Waals surface area contributed by atoms with Crippen molar-refractivity contribution in [2.75, 3.05) is 26.2 Å². The van der Waals surface area contributed by atoms with E-state index in [9.17, 15) is 4.79 Å². The second-order valence-corrected chi connectivity index (χ2v) is 6.70. The molecule has 0 aliphatic carbocycles. The molecule has 0 saturated heterocycles. The van der Waals surface area contributed by atoms with Gasteiger partial charge in [-0.2, -0.15) is 0 Å². The minimum absolute atomic E-state index is 0.111. The van der Waals surface area contributed by atoms with Gasteiger partial charge >= 0.3 is 0 Å². The summed E-state index contributed by atoms with van der Waals surface area (Å²) in [6.45, 7) is 5.07. The van der Waals surface area contributed by atoms with Gasteiger partial charge in [0.15, 0.2) is 0 Å². The van der Waals surface area contributed by atoms with Crippen molar-refractivity contribution in [2.45, 2.75) is 19.3 Å². The first-order chi connectivity index (χ1) is 12.2. The summed E-state index contributed by atoms with van der Waals surface area (Å²) < 4.78 is 0. The van der Waals surface area contributed by atoms with Crippen molar-refractivity contribution < 1.29 is 4.79 Å². The maximum Gasteiger partial charge on any atom is 0.234 e. The van der Waals surface area contributed by atoms with E-state index in [4.69, 9.17) is 0 Å². The van der Waals surface area contributed by atoms with Crippen LogP contribution in [0.3, 0.4) is 0 Å². The second kappa shape index (κ2) is 8.63. The SMILES string of the molecule is C[C@H](CNC(=O)CN1CC=C(c2ccccc2)CC1)c1ccccc1. The van der Waals surface area contributed by atoms with Crippen LogP contribution in [0.5, 0.6) is 0 Å². The van der Waals surface area contributed by atoms with E-state index in [1.165, 1.54) is 16.7 Å². The number of nitrogens with zero attached hydrogens (tertiary/aromatic N) is 1. The summed E-state index contributed by atoms with van der Waals surface area (Å²) >= 11 is 0. The van der Waals surface area contributed by atoms with Gasteiger partial charge in [0.25, 0.3) is 0 Å². The Hall–Kier alpha value is -2.39. The Balaban J connectivity index is 1.44. The van der Waals surface area contributed by atoms with E-state index in [2.05, 4.69) is 59.6 Å². The third-order valence-corrected chi connectivity index (χ3v) is 4.78. The van der Waals surface area contributed by atoms with Gasteiger partial charge in [-0.25, -0.2) is 0 Å². The van der Waals surface area contributed by atoms with Crippen LogP contribution in [0.4, 0.5) is 0 Å². The maximum atomic E-state index is 12.2. The molecule has 3 rings (SSSR count). The van der Waals surface area contributed by atoms with Crippen LogP contribution in [0.1, 0.15) is 30.4 Å². The molecule has 1 N–H and O–H groups in total. The van der Waals surface area contributed by atoms with Gasteiger partial charge in [0, 0.05) is 19.6 Å². The van der Waals surface area contributed by atoms with Crippen LogP contribution in [-0.4, -0.2) is 37.0 Å². The molecule has 1 atom stereocenters. The van der Waals surface area contributed by atoms with E-state index >= 15 is 0 Å². The first kappa shape index (κ1) is 17.4. The lowest BCUT2D eigenvalue weighted by Crippen LogP contribution is -2.40. The van der Waals surface area contributed by atoms with Gasteiger partial charge in [-0.15, -0.1) is 0 Å². The Morgan fingerprint density at radius 1 is 1.08 bits per heavy atom. The summed E-state index contributed by atoms with van der Waals surface area (Å²) in [4.78, 5) is 14.4. The zero-order valence-corrected chi connectivity index (χ0v) is 14.8. The third kappa shape index (κ3) is 5.04. The maximum absolute atomic E-state index is 12.2. The second-order valence-electron chi connectivity index (χ2n) is 6.70. The number of amides is 1. The third-order valence-electron chi connectivity index (χ3n) is 4.78. The van der Waals surface area contributed by atoms with Crippen molar-refractivity contribution in [1.29, 1.82) is 0 Å². The fourth-order valence-electron chi connectivity index (χ4n) is 3.19. The van der Waals surface area contributed by atoms with Gasteiger partial charge in [0.2, 0.25) is 5.91 Å². The monoisotopic (exact) mass is 334 g/mol. The van der Waals surface area contributed by atoms with Crippen LogP contribution in [0.15, 0.2) is 66.7 Å². The average molecular weight is 334 g/mol. The van der Waals surface area contributed by atoms with Gasteiger partial charge in [0.05, 0.1) is 6.54 Å². The zero-order valence-electron chi connectivity index (χ0n) is 14.8. The normalized spacial score (nSPS) is 16.1. The molecule has 2 aromatic rings. The van der Waals surface area contributed by atoms with Crippen molar-refractivity contribution in [3.8, 4) is 0 Å². The van der Waals surface area contributed by atoms with Crippen molar-refractivity contribution in [2.24, 2.45) is 0 Å². The molecule has 1 aliphatic heterocycles. The summed E-state index contributed by atoms with van der Waals surface area (Å²) in [6.07, 6.45) is 3.25. The van der Waals surface area contributed by atoms with Crippen molar-refractivity contribution in [3.05, 3.63) is 77.9 Å². The zero-order chi connectivity index (χ0) is 17.5. The number of carbonyl (C=O) groups is 1. The van der Waals surface area contributed by atoms with Crippen LogP contribution in [0, 0.1) is 0 Å². The molecular formula is C22H26N2O. The van der Waals surface area contributed by atoms with Crippen molar-refractivity contribution in [1.82, 2.24) is 10.2 Å². The largest absolute Gasteiger partial charge is 0.354 e. The van der Waals surface area contributed by atoms with Crippen LogP contribution in [0.25, 0.3) is 5.57 Å². The highest BCUT2D eigenvalue weighted by Crippen LogP contribution is 2.21. The highest BCUT2D eigenvalue weighted by atomic mass is 16.2. The molecule has 1 heterocycles. The van der Waals surface area contributed by atoms with E-state index in [0.717, 1.165) is 19.5 Å². The summed E-state index contributed by atoms with van der Waals surface area (Å²) in [5.41, 5.74) is 3.94. The highest BCUT2D eigenvalue weighted by Gasteiger charge is 2.16. The van der Waals surface area contributed by atoms with Crippen molar-refractivity contribution >= 4 is 11.5 Å². The van der Waals surface area contributed by atoms with E-state index in [1.807, 2.05) is 24.3 Å². The van der Waals surface area contributed by atoms with Crippen LogP contribution >= 0.6 is 0 Å². The molecule has 0 fully saturated rings. The quantitative estimate of drug-likeness (QED) is 0.874. The number of hydrogen-bond acceptors (Lipinski definition) is 2. The molecule has 3 nitrogen and oxygen atoms in total. The smallest absolute Gasteiger partial charge is 0.234 e. The summed E-state index contributed by atoms with van der Waals surface area (Å²) in [6, 6.07) is 20.8. The van der Waals surface area contributed by atoms with E-state index < -0.39 is 0 Å². The average Bonchev–Trinajstić information content (AvgIpc) is 2.68. The van der Waals surface area contributed by atoms with Gasteiger partial charge in [-0.3, -0.25) is 9.69 Å². The molecule has 0 spiro atoms. The predicted molar refractivity (Wildman–Crippen MR) is 103 cm³/mol. The summed E-state index contributed by atoms with van der Waals surface area (Å²) in [5, 5.41) is 3.07. The molecule has 0 radical (unpaired) electrons. The van der Waals surface area contributed by atoms with Crippen LogP contribution in [0.2, 0.25) is 0 Å². The lowest BCUT2D eigenvalue weighted by molar-refractivity contribution is -0.122. The molecular weight excluding hydrogens is 308 g/mol. The number of carbonyl (C=O) groups excluding carboxylic acids is 1. The molecule has 0 unspecified atom stereocenters. The fourth-order valence-corrected chi connectivity index (χ4v) is 3.19. The van der Waals surface area contributed by atoms with Gasteiger partial charge < -0.3 is 5.32 Å². The molecule has 3 heteroatoms. The fraction of sp³-hybridized carbons (Fsp3) is 0.318. The first-order valence-corrected chi connectivity index (χ1v) is 9.01. The topological polar surface area (TPSA) is 32.3 Å². The molecule has 1 aliphatic rings. The molecule has 0 saturated carbocycles. The van der Waals surface area contributed by atoms with E-state index in [-0.39, 0.29) is 5.91 Å². The molecule has 25 heavy (non-hydrogen) atoms. The number of rotatable bonds is 6. The molecule has 0 bridgehead atoms. The number of benzene rings is 2. The Morgan fingerprint density at radius 3 is 2.40 bits per heavy atom. The Bertz CT molecular complexity index is 709. The standard InChI is InChI=1S/C22H26N2O/c1-18(19-8-4-2-5-9-19)16-23-22(25)17-24-14-12-21(13-15-24)20-10-6-3-7-11-20/h2-12,18H,13-17H2,1H3,(H,23,25)/t18-/m1/s1. The molecule has 0 aromatic heterocycles. The Labute approximate surface area is 150 Å². The van der Waals surface area contributed by atoms with Crippen molar-refractivity contribution in [3.63, 3.8) is 0 Å². The predicted octanol–water partition coefficient (Wildman–Crippen LogP) is 3.70. The number of nitrogens with one attached hydrogen (secondary N) is 1. The van der Waals surface area contributed by atoms with E-state index in [1.54, 1.807) is 0 Å². The number of hydrogen-bond donors (Lipinski definition) is 1. The van der Waals surface area contributed by atoms with Crippen LogP contribution < -0.4 is 5.32 Å². The molecule has 1 amide bonds. The van der Waals surface area contributed by atoms with E-state index in [0.29, 0.717) is 19.0 Å². The Kier molecular flexibility index (Phi) is 6.02. The first-order valence-electron chi connectivity index (χ1n) is 9.01. The highest BCUT2D eigenvalue weighted by molar-refractivity contribution is 5.78. The summed E-state index contributed by atoms with van der Waals surface area (Å²) in [5.74, 6) is 0.440. The van der Waals surface area contributed by atoms with Crippen LogP contribution in [-0.2, 0) is 4.79 Å². The van der Waals surface area contributed by atoms with Gasteiger partial charge in [-0.1, -0.05) is 73.7 Å². The lowest BCUT2D eigenvalue weighted by Gasteiger charge is -2.26. The Morgan fingerprint density at radius 2 is 1.76 bits per heavy atom. The molecule has 130 valence electrons. The van der Waals surface area contributed by atoms with Gasteiger partial charge in [-0.05, 0) is 29.0 Å². The lowest BCUT2D eigenvalue weighted by atomic mass is 9.99. The minimum Gasteiger partial charge on any atom is -0.354 e. The molecule has 2 aromatic carbocycles. The minimum atomic E-state index is 0.111. The summed E-state index contributed by atoms with van der Waals surface area (Å²) in [7, 11) is 0. The van der Waals surface area contributed by atoms with Gasteiger partial charge in [0.1, 0.15) is 0 Å².